The summed E-state index contributed by atoms with van der Waals surface area (Å²) in [5.41, 5.74) is 6.10. The summed E-state index contributed by atoms with van der Waals surface area (Å²) in [5.74, 6) is 1.46. The van der Waals surface area contributed by atoms with Gasteiger partial charge < -0.3 is 33.4 Å². The molecule has 2 spiro atoms. The summed E-state index contributed by atoms with van der Waals surface area (Å²) in [6.45, 7) is 12.2. The zero-order valence-electron chi connectivity index (χ0n) is 53.7. The Hall–Kier alpha value is -7.77. The Bertz CT molecular complexity index is 7720. The molecule has 0 bridgehead atoms. The number of likely N-dealkylation sites (tertiary alicyclic amines) is 1. The smallest absolute Gasteiger partial charge is 0.378 e. The van der Waals surface area contributed by atoms with Crippen molar-refractivity contribution in [3.8, 4) is 0 Å². The number of ether oxygens (including phenoxy) is 2. The van der Waals surface area contributed by atoms with Crippen LogP contribution in [-0.4, -0.2) is 98.2 Å². The van der Waals surface area contributed by atoms with E-state index < -0.39 is 14.2 Å². The van der Waals surface area contributed by atoms with Crippen LogP contribution in [0.4, 0.5) is 4.79 Å². The average Bonchev–Trinajstić information content (AvgIpc) is 1.38. The number of hydrogen-bond acceptors (Lipinski definition) is 7. The summed E-state index contributed by atoms with van der Waals surface area (Å²) in [4.78, 5) is 15.9. The quantitative estimate of drug-likeness (QED) is 0.0446. The van der Waals surface area contributed by atoms with Crippen LogP contribution in [0.1, 0.15) is 49.4 Å². The van der Waals surface area contributed by atoms with Crippen molar-refractivity contribution < 1.29 is 44.6 Å². The fraction of sp³-hybridized carbons (Fsp3) is 0.216. The fourth-order valence-corrected chi connectivity index (χ4v) is 31.4. The Morgan fingerprint density at radius 2 is 0.646 bits per heavy atom. The van der Waals surface area contributed by atoms with Gasteiger partial charge in [-0.2, -0.15) is 0 Å². The number of urea groups is 1. The maximum absolute atomic E-state index is 12.9. The van der Waals surface area contributed by atoms with Gasteiger partial charge in [-0.25, -0.2) is 4.79 Å². The minimum absolute atomic E-state index is 0. The Morgan fingerprint density at radius 3 is 0.949 bits per heavy atom. The minimum atomic E-state index is -2.76. The van der Waals surface area contributed by atoms with Crippen LogP contribution in [-0.2, 0) is 50.7 Å². The summed E-state index contributed by atoms with van der Waals surface area (Å²) in [5, 5.41) is 94.5. The van der Waals surface area contributed by atoms with Gasteiger partial charge in [0.15, 0.2) is 0 Å². The van der Waals surface area contributed by atoms with Gasteiger partial charge in [-0.15, -0.1) is 0 Å². The minimum Gasteiger partial charge on any atom is -0.378 e. The Kier molecular flexibility index (Phi) is 7.11. The Morgan fingerprint density at radius 1 is 0.374 bits per heavy atom. The van der Waals surface area contributed by atoms with E-state index in [4.69, 9.17) is 22.8 Å². The number of amides is 2. The van der Waals surface area contributed by atoms with Crippen molar-refractivity contribution in [1.82, 2.24) is 15.5 Å². The molecule has 9 nitrogen and oxygen atoms in total. The molecule has 1 aliphatic heterocycles. The topological polar surface area (TPSA) is 90.5 Å². The van der Waals surface area contributed by atoms with Gasteiger partial charge >= 0.3 is 31.9 Å². The molecule has 1 unspecified atom stereocenters. The molecular weight excluding hydrogens is 1280 g/mol. The molecule has 7 aliphatic rings. The van der Waals surface area contributed by atoms with Gasteiger partial charge in [0.05, 0.1) is 37.3 Å². The van der Waals surface area contributed by atoms with E-state index in [1.54, 1.807) is 313 Å². The number of carbonyl (C=O) groups excluding carboxylic acids is 1. The van der Waals surface area contributed by atoms with E-state index >= 15 is 0 Å². The molecule has 11 heteroatoms. The number of benzene rings is 18. The van der Waals surface area contributed by atoms with Crippen molar-refractivity contribution in [3.63, 3.8) is 0 Å². The largest absolute Gasteiger partial charge is 2.00 e. The summed E-state index contributed by atoms with van der Waals surface area (Å²) >= 11 is 0. The molecule has 1 saturated heterocycles. The predicted molar refractivity (Wildman–Crippen MR) is 404 cm³/mol. The maximum Gasteiger partial charge on any atom is 2.00 e. The summed E-state index contributed by atoms with van der Waals surface area (Å²) in [6, 6.07) is 0.518. The molecule has 0 aromatic heterocycles. The monoisotopic (exact) mass is 1330 g/mol. The average molecular weight is 1330 g/mol. The van der Waals surface area contributed by atoms with Crippen molar-refractivity contribution in [1.29, 1.82) is 0 Å². The van der Waals surface area contributed by atoms with Crippen molar-refractivity contribution in [2.45, 2.75) is 50.1 Å². The van der Waals surface area contributed by atoms with Gasteiger partial charge in [-0.05, 0) is 398 Å². The molecule has 1 atom stereocenters. The third kappa shape index (κ3) is 3.83. The second-order valence-corrected chi connectivity index (χ2v) is 34.7. The molecule has 3 fully saturated rings. The van der Waals surface area contributed by atoms with Gasteiger partial charge in [-0.1, -0.05) is 0 Å². The molecular formula is C88H47FeN3O6Si+2. The van der Waals surface area contributed by atoms with Gasteiger partial charge in [0.2, 0.25) is 0 Å². The zero-order valence-corrected chi connectivity index (χ0v) is 55.8. The molecule has 35 rings (SSSR count). The molecule has 2 amide bonds. The molecule has 6 aliphatic carbocycles. The van der Waals surface area contributed by atoms with Crippen LogP contribution in [0.25, 0.3) is 291 Å². The first kappa shape index (κ1) is 49.7. The first-order valence-corrected chi connectivity index (χ1v) is 38.5. The van der Waals surface area contributed by atoms with Crippen molar-refractivity contribution in [2.75, 3.05) is 72.4 Å². The van der Waals surface area contributed by atoms with Gasteiger partial charge in [0.25, 0.3) is 0 Å². The number of carbonyl (C=O) groups is 1. The SMILES string of the molecule is CCO[Si](CCCNC(=O)NCCOCCOCCN1CC23c4c5c6c7c8c9c(c%10c%11c2c2c4c4c%12c5c5c6c6c8c8c%13c9c9c%10c%10c%11c%11c2c2c4c4c%12c%12c5c5c6c8c6c8c%13c9c9c%10c%10c%11c2c2c4c4c%12c5c6c5c8c9c%10c2c45)C73C1[C]1[CH][CH][CH][CH]1)(OCC)OCC.[CH]1[CH][CH][CH][CH]1.[Fe+2]. The molecule has 1 heterocycles. The number of nitrogens with one attached hydrogen (secondary N) is 2. The molecule has 99 heavy (non-hydrogen) atoms. The van der Waals surface area contributed by atoms with Gasteiger partial charge in [0.1, 0.15) is 0 Å². The molecule has 2 saturated carbocycles. The molecule has 28 aromatic rings. The van der Waals surface area contributed by atoms with Crippen LogP contribution in [0.5, 0.6) is 0 Å². The number of hydrogen-bond donors (Lipinski definition) is 2. The van der Waals surface area contributed by atoms with Crippen LogP contribution < -0.4 is 10.6 Å². The van der Waals surface area contributed by atoms with Crippen LogP contribution >= 0.6 is 0 Å². The second kappa shape index (κ2) is 14.2. The van der Waals surface area contributed by atoms with E-state index in [1.807, 2.05) is 52.9 Å². The van der Waals surface area contributed by atoms with Crippen LogP contribution in [0.15, 0.2) is 0 Å². The van der Waals surface area contributed by atoms with E-state index in [1.165, 1.54) is 5.92 Å². The first-order chi connectivity index (χ1) is 48.6. The van der Waals surface area contributed by atoms with Crippen LogP contribution in [0, 0.1) is 63.7 Å². The predicted octanol–water partition coefficient (Wildman–Crippen LogP) is 19.2. The second-order valence-electron chi connectivity index (χ2n) is 32.0. The molecule has 460 valence electrons. The summed E-state index contributed by atoms with van der Waals surface area (Å²) < 4.78 is 31.1. The van der Waals surface area contributed by atoms with E-state index in [2.05, 4.69) is 41.2 Å². The number of rotatable bonds is 20. The normalized spacial score (nSPS) is 22.0. The Labute approximate surface area is 570 Å². The zero-order chi connectivity index (χ0) is 61.8. The molecule has 2 N–H and O–H groups in total. The van der Waals surface area contributed by atoms with Crippen molar-refractivity contribution in [2.24, 2.45) is 0 Å². The Balaban J connectivity index is 0.000000823. The van der Waals surface area contributed by atoms with Crippen LogP contribution in [0.2, 0.25) is 6.04 Å². The third-order valence-corrected chi connectivity index (χ3v) is 33.0. The van der Waals surface area contributed by atoms with Crippen LogP contribution in [0.3, 0.4) is 0 Å². The van der Waals surface area contributed by atoms with Crippen molar-refractivity contribution in [3.05, 3.63) is 86.0 Å². The maximum atomic E-state index is 12.9. The molecule has 10 radical (unpaired) electrons. The van der Waals surface area contributed by atoms with E-state index in [-0.39, 0.29) is 34.6 Å². The fourth-order valence-electron chi connectivity index (χ4n) is 28.8. The summed E-state index contributed by atoms with van der Waals surface area (Å²) in [7, 11) is -2.76. The number of nitrogens with zero attached hydrogens (tertiary/aromatic N) is 1. The third-order valence-electron chi connectivity index (χ3n) is 29.8. The van der Waals surface area contributed by atoms with E-state index in [9.17, 15) is 4.79 Å². The van der Waals surface area contributed by atoms with E-state index in [0.717, 1.165) is 13.1 Å². The first-order valence-electron chi connectivity index (χ1n) is 36.6. The van der Waals surface area contributed by atoms with Crippen molar-refractivity contribution >= 4 is 306 Å². The van der Waals surface area contributed by atoms with Gasteiger partial charge in [0, 0.05) is 64.0 Å². The summed E-state index contributed by atoms with van der Waals surface area (Å²) in [6.07, 6.45) is 20.5. The van der Waals surface area contributed by atoms with E-state index in [0.29, 0.717) is 71.8 Å². The standard InChI is InChI=1S/C83H42N3O6Si.C5H5.Fe/c1-4-90-93(91-5-2,92-6-3)19-9-12-84-81(87)85-13-15-88-17-18-89-16-14-86-20-82-76-68-60-50-40-32-24-22-23-26-30-28(24)36-44-38(30)48-42-34(26)35-27(23)31-29-25(22)33(32)41-47-37(29)45-39(31)49-43(35)53-52(42)64-58(48)66-56(44)62(54(60)46(36)40)70(76)72(66)78-74(64)75-65(53)59(49)67-57(45)63-55(47)61(51(41)50)69(68)77(82)71(63)73(67)79(75)83(78,82)80(86)21-10-7-8-11-21;1-2-4-5-3-1;/h7-8,10-11,80H,4-6,9,12-20H2,1-3H3,(H2,84,85,87);1-5H;/q;;+2. The van der Waals surface area contributed by atoms with Gasteiger partial charge in [-0.3, -0.25) is 4.90 Å². The molecule has 28 aromatic carbocycles.